The summed E-state index contributed by atoms with van der Waals surface area (Å²) in [7, 11) is 1.50. The first-order valence-electron chi connectivity index (χ1n) is 15.4. The number of rotatable bonds is 12. The monoisotopic (exact) mass is 686 g/mol. The van der Waals surface area contributed by atoms with Crippen LogP contribution >= 0.6 is 0 Å². The minimum absolute atomic E-state index is 0.00689. The van der Waals surface area contributed by atoms with Gasteiger partial charge in [0.05, 0.1) is 53.4 Å². The van der Waals surface area contributed by atoms with E-state index in [0.29, 0.717) is 22.8 Å². The SMILES string of the molecule is CO[C@H]1O[C@@H]2CO[C@@H](c3ccccc3)O[C@H]2[C@H](OCc2cn(-c3ccc([N+](=O)[O-])cc3)nn2)[C@H]1OCc1cn(-c2ccc([N+](=O)[O-])cc2)nn1. The predicted molar refractivity (Wildman–Crippen MR) is 169 cm³/mol. The van der Waals surface area contributed by atoms with Gasteiger partial charge in [0.25, 0.3) is 11.4 Å². The molecule has 5 aromatic rings. The van der Waals surface area contributed by atoms with Crippen molar-refractivity contribution in [2.24, 2.45) is 0 Å². The summed E-state index contributed by atoms with van der Waals surface area (Å²) in [5.41, 5.74) is 2.87. The van der Waals surface area contributed by atoms with Gasteiger partial charge in [-0.25, -0.2) is 9.36 Å². The number of aromatic nitrogens is 6. The number of nitro benzene ring substituents is 2. The molecule has 18 heteroatoms. The standard InChI is InChI=1S/C32H30N8O10/c1-45-32-30(47-18-22-16-38(36-34-22)24-9-13-26(14-10-24)40(43)44)29(28-27(49-32)19-48-31(50-28)20-5-3-2-4-6-20)46-17-21-15-37(35-33-21)23-7-11-25(12-8-23)39(41)42/h2-16,27-32H,17-19H2,1H3/t27-,28-,29+,30-,31-,32+/m1/s1. The van der Waals surface area contributed by atoms with Crippen LogP contribution in [-0.2, 0) is 41.6 Å². The molecule has 6 atom stereocenters. The molecule has 7 rings (SSSR count). The molecule has 0 aliphatic carbocycles. The van der Waals surface area contributed by atoms with Crippen molar-refractivity contribution in [3.05, 3.63) is 128 Å². The predicted octanol–water partition coefficient (Wildman–Crippen LogP) is 3.62. The van der Waals surface area contributed by atoms with Crippen LogP contribution in [0.15, 0.2) is 91.3 Å². The van der Waals surface area contributed by atoms with E-state index in [0.717, 1.165) is 5.56 Å². The van der Waals surface area contributed by atoms with Crippen molar-refractivity contribution in [1.82, 2.24) is 30.0 Å². The average molecular weight is 687 g/mol. The van der Waals surface area contributed by atoms with Crippen LogP contribution < -0.4 is 0 Å². The number of hydrogen-bond acceptors (Lipinski definition) is 14. The molecule has 0 N–H and O–H groups in total. The Morgan fingerprint density at radius 1 is 0.760 bits per heavy atom. The second-order valence-corrected chi connectivity index (χ2v) is 11.4. The highest BCUT2D eigenvalue weighted by molar-refractivity contribution is 5.41. The molecular formula is C32H30N8O10. The molecule has 0 radical (unpaired) electrons. The van der Waals surface area contributed by atoms with Gasteiger partial charge in [0.2, 0.25) is 0 Å². The van der Waals surface area contributed by atoms with E-state index in [1.165, 1.54) is 40.7 Å². The lowest BCUT2D eigenvalue weighted by atomic mass is 9.97. The first-order chi connectivity index (χ1) is 24.4. The summed E-state index contributed by atoms with van der Waals surface area (Å²) in [6, 6.07) is 21.3. The molecule has 2 aliphatic rings. The van der Waals surface area contributed by atoms with Gasteiger partial charge in [-0.15, -0.1) is 10.2 Å². The first kappa shape index (κ1) is 33.0. The highest BCUT2D eigenvalue weighted by Gasteiger charge is 2.51. The van der Waals surface area contributed by atoms with E-state index in [1.54, 1.807) is 36.7 Å². The van der Waals surface area contributed by atoms with Crippen LogP contribution in [0.5, 0.6) is 0 Å². The van der Waals surface area contributed by atoms with E-state index in [4.69, 9.17) is 28.4 Å². The Morgan fingerprint density at radius 2 is 1.30 bits per heavy atom. The van der Waals surface area contributed by atoms with E-state index in [-0.39, 0.29) is 31.2 Å². The second-order valence-electron chi connectivity index (χ2n) is 11.4. The van der Waals surface area contributed by atoms with E-state index < -0.39 is 46.8 Å². The maximum atomic E-state index is 11.1. The van der Waals surface area contributed by atoms with Crippen LogP contribution in [0.1, 0.15) is 23.2 Å². The van der Waals surface area contributed by atoms with Crippen LogP contribution in [-0.4, -0.2) is 84.3 Å². The normalized spacial score (nSPS) is 23.3. The molecule has 18 nitrogen and oxygen atoms in total. The number of non-ortho nitro benzene ring substituents is 2. The Balaban J connectivity index is 1.11. The van der Waals surface area contributed by atoms with Gasteiger partial charge in [0.15, 0.2) is 12.6 Å². The molecule has 0 bridgehead atoms. The first-order valence-corrected chi connectivity index (χ1v) is 15.4. The van der Waals surface area contributed by atoms with Crippen molar-refractivity contribution in [2.45, 2.75) is 50.2 Å². The number of fused-ring (bicyclic) bond motifs is 1. The Bertz CT molecular complexity index is 1920. The largest absolute Gasteiger partial charge is 0.366 e. The highest BCUT2D eigenvalue weighted by Crippen LogP contribution is 2.37. The fraction of sp³-hybridized carbons (Fsp3) is 0.312. The summed E-state index contributed by atoms with van der Waals surface area (Å²) in [4.78, 5) is 21.2. The highest BCUT2D eigenvalue weighted by atomic mass is 16.8. The van der Waals surface area contributed by atoms with Crippen LogP contribution in [0.2, 0.25) is 0 Å². The van der Waals surface area contributed by atoms with Crippen LogP contribution in [0.25, 0.3) is 11.4 Å². The van der Waals surface area contributed by atoms with Crippen LogP contribution in [0.4, 0.5) is 11.4 Å². The third kappa shape index (κ3) is 7.10. The van der Waals surface area contributed by atoms with Crippen LogP contribution in [0, 0.1) is 20.2 Å². The summed E-state index contributed by atoms with van der Waals surface area (Å²) in [5, 5.41) is 38.8. The topological polar surface area (TPSA) is 203 Å². The van der Waals surface area contributed by atoms with Gasteiger partial charge in [0, 0.05) is 36.9 Å². The summed E-state index contributed by atoms with van der Waals surface area (Å²) in [5.74, 6) is 0. The van der Waals surface area contributed by atoms with Crippen LogP contribution in [0.3, 0.4) is 0 Å². The third-order valence-corrected chi connectivity index (χ3v) is 8.17. The number of nitrogens with zero attached hydrogens (tertiary/aromatic N) is 8. The quantitative estimate of drug-likeness (QED) is 0.136. The zero-order chi connectivity index (χ0) is 34.6. The molecule has 0 amide bonds. The van der Waals surface area contributed by atoms with Crippen molar-refractivity contribution >= 4 is 11.4 Å². The maximum Gasteiger partial charge on any atom is 0.269 e. The fourth-order valence-electron chi connectivity index (χ4n) is 5.68. The number of hydrogen-bond donors (Lipinski definition) is 0. The molecule has 2 aromatic heterocycles. The van der Waals surface area contributed by atoms with E-state index >= 15 is 0 Å². The summed E-state index contributed by atoms with van der Waals surface area (Å²) >= 11 is 0. The summed E-state index contributed by atoms with van der Waals surface area (Å²) < 4.78 is 40.3. The molecule has 3 aromatic carbocycles. The molecule has 0 spiro atoms. The molecular weight excluding hydrogens is 656 g/mol. The molecule has 2 aliphatic heterocycles. The van der Waals surface area contributed by atoms with E-state index in [9.17, 15) is 20.2 Å². The van der Waals surface area contributed by atoms with Gasteiger partial charge in [0.1, 0.15) is 35.8 Å². The number of benzene rings is 3. The third-order valence-electron chi connectivity index (χ3n) is 8.17. The smallest absolute Gasteiger partial charge is 0.269 e. The number of ether oxygens (including phenoxy) is 6. The minimum Gasteiger partial charge on any atom is -0.366 e. The van der Waals surface area contributed by atoms with Gasteiger partial charge in [-0.3, -0.25) is 20.2 Å². The summed E-state index contributed by atoms with van der Waals surface area (Å²) in [6.07, 6.45) is -1.00. The molecule has 0 unspecified atom stereocenters. The van der Waals surface area contributed by atoms with Crippen molar-refractivity contribution in [2.75, 3.05) is 13.7 Å². The molecule has 258 valence electrons. The van der Waals surface area contributed by atoms with Gasteiger partial charge >= 0.3 is 0 Å². The van der Waals surface area contributed by atoms with Gasteiger partial charge in [-0.1, -0.05) is 40.8 Å². The molecule has 2 saturated heterocycles. The summed E-state index contributed by atoms with van der Waals surface area (Å²) in [6.45, 7) is 0.206. The maximum absolute atomic E-state index is 11.1. The van der Waals surface area contributed by atoms with E-state index in [1.807, 2.05) is 30.3 Å². The molecule has 4 heterocycles. The van der Waals surface area contributed by atoms with E-state index in [2.05, 4.69) is 20.6 Å². The zero-order valence-corrected chi connectivity index (χ0v) is 26.4. The Labute approximate surface area is 283 Å². The Morgan fingerprint density at radius 3 is 1.82 bits per heavy atom. The second kappa shape index (κ2) is 14.5. The van der Waals surface area contributed by atoms with Gasteiger partial charge in [-0.2, -0.15) is 0 Å². The van der Waals surface area contributed by atoms with Crippen molar-refractivity contribution < 1.29 is 38.3 Å². The van der Waals surface area contributed by atoms with Crippen molar-refractivity contribution in [1.29, 1.82) is 0 Å². The zero-order valence-electron chi connectivity index (χ0n) is 26.4. The Hall–Kier alpha value is -5.50. The lowest BCUT2D eigenvalue weighted by Crippen LogP contribution is -2.63. The lowest BCUT2D eigenvalue weighted by molar-refractivity contribution is -0.385. The molecule has 50 heavy (non-hydrogen) atoms. The number of nitro groups is 2. The van der Waals surface area contributed by atoms with Gasteiger partial charge in [-0.05, 0) is 24.3 Å². The van der Waals surface area contributed by atoms with Gasteiger partial charge < -0.3 is 28.4 Å². The average Bonchev–Trinajstić information content (AvgIpc) is 3.83. The van der Waals surface area contributed by atoms with Crippen molar-refractivity contribution in [3.8, 4) is 11.4 Å². The lowest BCUT2D eigenvalue weighted by Gasteiger charge is -2.48. The molecule has 0 saturated carbocycles. The Kier molecular flexibility index (Phi) is 9.60. The van der Waals surface area contributed by atoms with Crippen molar-refractivity contribution in [3.63, 3.8) is 0 Å². The number of methoxy groups -OCH3 is 1. The minimum atomic E-state index is -0.873. The fourth-order valence-corrected chi connectivity index (χ4v) is 5.68. The molecule has 2 fully saturated rings.